The molecular formula is C13H24BrClN4O. The van der Waals surface area contributed by atoms with Crippen molar-refractivity contribution in [1.82, 2.24) is 15.5 Å². The first-order chi connectivity index (χ1) is 8.84. The van der Waals surface area contributed by atoms with Gasteiger partial charge in [0.05, 0.1) is 10.2 Å². The third kappa shape index (κ3) is 4.46. The molecule has 20 heavy (non-hydrogen) atoms. The molecule has 0 saturated carbocycles. The lowest BCUT2D eigenvalue weighted by Gasteiger charge is -2.26. The number of hydrogen-bond donors (Lipinski definition) is 3. The van der Waals surface area contributed by atoms with Crippen LogP contribution in [0, 0.1) is 0 Å². The Hall–Kier alpha value is -0.590. The highest BCUT2D eigenvalue weighted by atomic mass is 79.9. The average Bonchev–Trinajstić information content (AvgIpc) is 2.77. The molecule has 1 amide bonds. The van der Waals surface area contributed by atoms with Crippen molar-refractivity contribution >= 4 is 34.2 Å². The average molecular weight is 368 g/mol. The molecule has 1 heterocycles. The molecule has 0 unspecified atom stereocenters. The van der Waals surface area contributed by atoms with Crippen LogP contribution >= 0.6 is 28.3 Å². The molecule has 4 N–H and O–H groups in total. The standard InChI is InChI=1S/C13H23BrN4O.ClH/c1-5-13(15,6-2)7-16-12(19)11-9(14)10(8(3)4)17-18-11;/h8H,5-7,15H2,1-4H3,(H,16,19)(H,17,18);1H. The molecule has 0 radical (unpaired) electrons. The van der Waals surface area contributed by atoms with Gasteiger partial charge in [-0.3, -0.25) is 9.89 Å². The Bertz CT molecular complexity index is 444. The van der Waals surface area contributed by atoms with E-state index in [0.29, 0.717) is 12.2 Å². The van der Waals surface area contributed by atoms with E-state index in [2.05, 4.69) is 31.4 Å². The van der Waals surface area contributed by atoms with Gasteiger partial charge in [-0.05, 0) is 34.7 Å². The number of nitrogens with two attached hydrogens (primary N) is 1. The van der Waals surface area contributed by atoms with Crippen molar-refractivity contribution in [2.24, 2.45) is 5.73 Å². The van der Waals surface area contributed by atoms with Crippen LogP contribution in [-0.2, 0) is 0 Å². The summed E-state index contributed by atoms with van der Waals surface area (Å²) < 4.78 is 0.732. The Labute approximate surface area is 135 Å². The zero-order chi connectivity index (χ0) is 14.6. The van der Waals surface area contributed by atoms with E-state index < -0.39 is 0 Å². The van der Waals surface area contributed by atoms with Gasteiger partial charge in [-0.1, -0.05) is 27.7 Å². The lowest BCUT2D eigenvalue weighted by Crippen LogP contribution is -2.49. The molecule has 0 aliphatic rings. The first-order valence-electron chi connectivity index (χ1n) is 6.65. The van der Waals surface area contributed by atoms with Crippen molar-refractivity contribution in [3.05, 3.63) is 15.9 Å². The SMILES string of the molecule is CCC(N)(CC)CNC(=O)c1n[nH]c(C(C)C)c1Br.Cl. The number of rotatable bonds is 6. The quantitative estimate of drug-likeness (QED) is 0.722. The Morgan fingerprint density at radius 1 is 1.45 bits per heavy atom. The third-order valence-electron chi connectivity index (χ3n) is 3.53. The molecule has 1 rings (SSSR count). The van der Waals surface area contributed by atoms with Crippen LogP contribution in [-0.4, -0.2) is 28.2 Å². The fourth-order valence-corrected chi connectivity index (χ4v) is 2.53. The minimum Gasteiger partial charge on any atom is -0.349 e. The van der Waals surface area contributed by atoms with Crippen LogP contribution in [0.1, 0.15) is 62.6 Å². The van der Waals surface area contributed by atoms with Gasteiger partial charge < -0.3 is 11.1 Å². The number of aromatic amines is 1. The zero-order valence-electron chi connectivity index (χ0n) is 12.4. The van der Waals surface area contributed by atoms with Crippen LogP contribution in [0.5, 0.6) is 0 Å². The Morgan fingerprint density at radius 2 is 2.00 bits per heavy atom. The van der Waals surface area contributed by atoms with E-state index in [1.807, 2.05) is 27.7 Å². The summed E-state index contributed by atoms with van der Waals surface area (Å²) in [6, 6.07) is 0. The van der Waals surface area contributed by atoms with Gasteiger partial charge in [0, 0.05) is 12.1 Å². The molecular weight excluding hydrogens is 344 g/mol. The number of carbonyl (C=O) groups excluding carboxylic acids is 1. The molecule has 0 aromatic carbocycles. The number of halogens is 2. The van der Waals surface area contributed by atoms with E-state index in [0.717, 1.165) is 23.0 Å². The molecule has 0 saturated heterocycles. The number of H-pyrrole nitrogens is 1. The van der Waals surface area contributed by atoms with Crippen LogP contribution in [0.3, 0.4) is 0 Å². The molecule has 0 atom stereocenters. The number of amides is 1. The fourth-order valence-electron chi connectivity index (χ4n) is 1.71. The summed E-state index contributed by atoms with van der Waals surface area (Å²) in [5.74, 6) is 0.0788. The highest BCUT2D eigenvalue weighted by Crippen LogP contribution is 2.25. The van der Waals surface area contributed by atoms with Crippen molar-refractivity contribution < 1.29 is 4.79 Å². The number of carbonyl (C=O) groups is 1. The number of nitrogens with one attached hydrogen (secondary N) is 2. The number of nitrogens with zero attached hydrogens (tertiary/aromatic N) is 1. The summed E-state index contributed by atoms with van der Waals surface area (Å²) in [5.41, 5.74) is 7.13. The zero-order valence-corrected chi connectivity index (χ0v) is 14.8. The molecule has 0 aliphatic heterocycles. The van der Waals surface area contributed by atoms with Crippen molar-refractivity contribution in [2.75, 3.05) is 6.54 Å². The van der Waals surface area contributed by atoms with Crippen LogP contribution in [0.2, 0.25) is 0 Å². The van der Waals surface area contributed by atoms with Crippen molar-refractivity contribution in [2.45, 2.75) is 52.0 Å². The Balaban J connectivity index is 0.00000361. The third-order valence-corrected chi connectivity index (χ3v) is 4.34. The van der Waals surface area contributed by atoms with Crippen molar-refractivity contribution in [3.8, 4) is 0 Å². The fraction of sp³-hybridized carbons (Fsp3) is 0.692. The maximum absolute atomic E-state index is 12.1. The van der Waals surface area contributed by atoms with Crippen molar-refractivity contribution in [1.29, 1.82) is 0 Å². The van der Waals surface area contributed by atoms with Crippen LogP contribution in [0.15, 0.2) is 4.47 Å². The van der Waals surface area contributed by atoms with Gasteiger partial charge in [0.25, 0.3) is 5.91 Å². The predicted molar refractivity (Wildman–Crippen MR) is 87.5 cm³/mol. The van der Waals surface area contributed by atoms with E-state index in [-0.39, 0.29) is 29.8 Å². The van der Waals surface area contributed by atoms with Gasteiger partial charge >= 0.3 is 0 Å². The first kappa shape index (κ1) is 19.4. The molecule has 116 valence electrons. The molecule has 5 nitrogen and oxygen atoms in total. The van der Waals surface area contributed by atoms with Gasteiger partial charge in [0.2, 0.25) is 0 Å². The highest BCUT2D eigenvalue weighted by Gasteiger charge is 2.24. The molecule has 0 bridgehead atoms. The number of hydrogen-bond acceptors (Lipinski definition) is 3. The van der Waals surface area contributed by atoms with E-state index in [1.165, 1.54) is 0 Å². The second kappa shape index (κ2) is 8.00. The van der Waals surface area contributed by atoms with Crippen LogP contribution in [0.4, 0.5) is 0 Å². The van der Waals surface area contributed by atoms with Crippen molar-refractivity contribution in [3.63, 3.8) is 0 Å². The van der Waals surface area contributed by atoms with E-state index in [9.17, 15) is 4.79 Å². The van der Waals surface area contributed by atoms with Gasteiger partial charge in [-0.2, -0.15) is 5.10 Å². The lowest BCUT2D eigenvalue weighted by atomic mass is 9.94. The molecule has 7 heteroatoms. The van der Waals surface area contributed by atoms with E-state index in [1.54, 1.807) is 0 Å². The summed E-state index contributed by atoms with van der Waals surface area (Å²) in [6.45, 7) is 8.58. The largest absolute Gasteiger partial charge is 0.349 e. The highest BCUT2D eigenvalue weighted by molar-refractivity contribution is 9.10. The normalized spacial score (nSPS) is 11.3. The maximum Gasteiger partial charge on any atom is 0.273 e. The summed E-state index contributed by atoms with van der Waals surface area (Å²) in [4.78, 5) is 12.1. The topological polar surface area (TPSA) is 83.8 Å². The second-order valence-corrected chi connectivity index (χ2v) is 6.00. The van der Waals surface area contributed by atoms with Gasteiger partial charge in [-0.25, -0.2) is 0 Å². The second-order valence-electron chi connectivity index (χ2n) is 5.21. The van der Waals surface area contributed by atoms with E-state index in [4.69, 9.17) is 5.73 Å². The number of aromatic nitrogens is 2. The first-order valence-corrected chi connectivity index (χ1v) is 7.44. The summed E-state index contributed by atoms with van der Waals surface area (Å²) in [6.07, 6.45) is 1.64. The smallest absolute Gasteiger partial charge is 0.273 e. The summed E-state index contributed by atoms with van der Waals surface area (Å²) in [7, 11) is 0. The molecule has 1 aromatic heterocycles. The molecule has 0 spiro atoms. The minimum absolute atomic E-state index is 0. The van der Waals surface area contributed by atoms with E-state index >= 15 is 0 Å². The van der Waals surface area contributed by atoms with Gasteiger partial charge in [-0.15, -0.1) is 12.4 Å². The van der Waals surface area contributed by atoms with Crippen LogP contribution in [0.25, 0.3) is 0 Å². The monoisotopic (exact) mass is 366 g/mol. The van der Waals surface area contributed by atoms with Crippen LogP contribution < -0.4 is 11.1 Å². The van der Waals surface area contributed by atoms with Gasteiger partial charge in [0.15, 0.2) is 5.69 Å². The molecule has 1 aromatic rings. The predicted octanol–water partition coefficient (Wildman–Crippen LogP) is 2.96. The Morgan fingerprint density at radius 3 is 2.40 bits per heavy atom. The maximum atomic E-state index is 12.1. The minimum atomic E-state index is -0.348. The Kier molecular flexibility index (Phi) is 7.76. The molecule has 0 fully saturated rings. The lowest BCUT2D eigenvalue weighted by molar-refractivity contribution is 0.0936. The summed E-state index contributed by atoms with van der Waals surface area (Å²) >= 11 is 3.42. The summed E-state index contributed by atoms with van der Waals surface area (Å²) in [5, 5.41) is 9.81. The van der Waals surface area contributed by atoms with Gasteiger partial charge in [0.1, 0.15) is 0 Å². The molecule has 0 aliphatic carbocycles.